The number of carbonyl (C=O) groups excluding carboxylic acids is 1. The molecule has 3 aromatic rings. The Morgan fingerprint density at radius 2 is 1.68 bits per heavy atom. The molecule has 7 heteroatoms. The van der Waals surface area contributed by atoms with Gasteiger partial charge in [0.1, 0.15) is 5.69 Å². The highest BCUT2D eigenvalue weighted by Gasteiger charge is 2.11. The van der Waals surface area contributed by atoms with Crippen LogP contribution in [0.4, 0.5) is 23.0 Å². The summed E-state index contributed by atoms with van der Waals surface area (Å²) in [5, 5.41) is 5.25. The van der Waals surface area contributed by atoms with Crippen molar-refractivity contribution in [2.45, 2.75) is 0 Å². The third kappa shape index (κ3) is 4.93. The molecule has 3 rings (SSSR count). The Balaban J connectivity index is 0.00000225. The number of hydrogen-bond donors (Lipinski definition) is 3. The maximum absolute atomic E-state index is 12.2. The molecule has 5 N–H and O–H groups in total. The van der Waals surface area contributed by atoms with E-state index >= 15 is 0 Å². The summed E-state index contributed by atoms with van der Waals surface area (Å²) < 4.78 is 0. The highest BCUT2D eigenvalue weighted by molar-refractivity contribution is 6.30. The van der Waals surface area contributed by atoms with Crippen LogP contribution in [0, 0.1) is 0 Å². The first kappa shape index (κ1) is 18.7. The number of amides is 1. The summed E-state index contributed by atoms with van der Waals surface area (Å²) in [4.78, 5) is 16.5. The van der Waals surface area contributed by atoms with Crippen molar-refractivity contribution in [1.29, 1.82) is 0 Å². The number of nitrogens with two attached hydrogens (primary N) is 2. The molecule has 0 radical (unpaired) electrons. The summed E-state index contributed by atoms with van der Waals surface area (Å²) in [6, 6.07) is 20.0. The number of nitrogens with one attached hydrogen (secondary N) is 1. The number of pyridine rings is 1. The zero-order chi connectivity index (χ0) is 16.9. The summed E-state index contributed by atoms with van der Waals surface area (Å²) in [5.74, 6) is 0.727. The second-order valence-electron chi connectivity index (χ2n) is 5.18. The quantitative estimate of drug-likeness (QED) is 0.566. The molecule has 0 atom stereocenters. The van der Waals surface area contributed by atoms with Crippen LogP contribution in [0.15, 0.2) is 66.7 Å². The van der Waals surface area contributed by atoms with Crippen LogP contribution in [0.5, 0.6) is 0 Å². The van der Waals surface area contributed by atoms with E-state index in [1.165, 1.54) is 0 Å². The van der Waals surface area contributed by atoms with Crippen molar-refractivity contribution in [1.82, 2.24) is 4.98 Å². The molecule has 0 spiro atoms. The molecule has 128 valence electrons. The molecule has 0 aliphatic carbocycles. The van der Waals surface area contributed by atoms with Gasteiger partial charge in [0.2, 0.25) is 5.82 Å². The Kier molecular flexibility index (Phi) is 6.36. The minimum Gasteiger partial charge on any atom is -1.00 e. The van der Waals surface area contributed by atoms with E-state index in [1.54, 1.807) is 36.4 Å². The lowest BCUT2D eigenvalue weighted by atomic mass is 10.2. The van der Waals surface area contributed by atoms with Crippen molar-refractivity contribution in [3.63, 3.8) is 0 Å². The Bertz CT molecular complexity index is 855. The number of aromatic nitrogens is 1. The molecule has 0 aliphatic heterocycles. The second-order valence-corrected chi connectivity index (χ2v) is 5.62. The number of para-hydroxylation sites is 1. The number of nitrogens with zero attached hydrogens (tertiary/aromatic N) is 1. The Morgan fingerprint density at radius 3 is 2.32 bits per heavy atom. The zero-order valence-electron chi connectivity index (χ0n) is 13.1. The first-order chi connectivity index (χ1) is 11.6. The van der Waals surface area contributed by atoms with Crippen LogP contribution < -0.4 is 28.8 Å². The molecule has 0 saturated heterocycles. The molecule has 0 saturated carbocycles. The summed E-state index contributed by atoms with van der Waals surface area (Å²) in [5.41, 5.74) is 7.96. The summed E-state index contributed by atoms with van der Waals surface area (Å²) >= 11 is 5.82. The van der Waals surface area contributed by atoms with Gasteiger partial charge >= 0.3 is 0 Å². The standard InChI is InChI=1S/C18H15ClN4O.ClH/c19-13-8-6-12(7-9-13)18(24)22-15-10-11-16(23-17(15)20)21-14-4-2-1-3-5-14;/h1-11H,(H,22,24)(H3,20,21,23);1H. The topological polar surface area (TPSA) is 84.6 Å². The molecule has 2 aromatic carbocycles. The Labute approximate surface area is 156 Å². The van der Waals surface area contributed by atoms with Crippen LogP contribution >= 0.6 is 11.6 Å². The van der Waals surface area contributed by atoms with Gasteiger partial charge in [-0.15, -0.1) is 0 Å². The smallest absolute Gasteiger partial charge is 0.255 e. The van der Waals surface area contributed by atoms with E-state index in [-0.39, 0.29) is 24.1 Å². The van der Waals surface area contributed by atoms with Gasteiger partial charge in [0, 0.05) is 16.7 Å². The summed E-state index contributed by atoms with van der Waals surface area (Å²) in [6.45, 7) is 0. The first-order valence-corrected chi connectivity index (χ1v) is 7.73. The molecule has 0 fully saturated rings. The molecule has 5 nitrogen and oxygen atoms in total. The number of quaternary nitrogens is 1. The van der Waals surface area contributed by atoms with Gasteiger partial charge in [-0.1, -0.05) is 29.8 Å². The number of nitrogen functional groups attached to an aromatic ring is 1. The fraction of sp³-hybridized carbons (Fsp3) is 0. The van der Waals surface area contributed by atoms with Crippen LogP contribution in [0.1, 0.15) is 10.4 Å². The molecule has 0 unspecified atom stereocenters. The van der Waals surface area contributed by atoms with Gasteiger partial charge in [-0.25, -0.2) is 0 Å². The lowest BCUT2D eigenvalue weighted by Crippen LogP contribution is -3.00. The van der Waals surface area contributed by atoms with Crippen LogP contribution in [0.3, 0.4) is 0 Å². The van der Waals surface area contributed by atoms with Gasteiger partial charge in [-0.3, -0.25) is 10.1 Å². The third-order valence-corrected chi connectivity index (χ3v) is 3.67. The van der Waals surface area contributed by atoms with Gasteiger partial charge in [-0.2, -0.15) is 4.98 Å². The maximum atomic E-state index is 12.2. The Morgan fingerprint density at radius 1 is 1.00 bits per heavy atom. The predicted molar refractivity (Wildman–Crippen MR) is 95.7 cm³/mol. The molecule has 0 bridgehead atoms. The predicted octanol–water partition coefficient (Wildman–Crippen LogP) is 0.100. The van der Waals surface area contributed by atoms with Gasteiger partial charge in [0.15, 0.2) is 5.82 Å². The van der Waals surface area contributed by atoms with Crippen molar-refractivity contribution in [2.24, 2.45) is 0 Å². The minimum atomic E-state index is -0.264. The van der Waals surface area contributed by atoms with Crippen LogP contribution in [0.25, 0.3) is 0 Å². The molecule has 0 aliphatic rings. The van der Waals surface area contributed by atoms with E-state index in [0.717, 1.165) is 11.5 Å². The van der Waals surface area contributed by atoms with Crippen LogP contribution in [-0.2, 0) is 0 Å². The molecule has 1 amide bonds. The highest BCUT2D eigenvalue weighted by Crippen LogP contribution is 2.19. The average Bonchev–Trinajstić information content (AvgIpc) is 2.59. The van der Waals surface area contributed by atoms with Crippen molar-refractivity contribution in [3.8, 4) is 0 Å². The second kappa shape index (κ2) is 8.48. The van der Waals surface area contributed by atoms with E-state index in [0.29, 0.717) is 16.3 Å². The van der Waals surface area contributed by atoms with Gasteiger partial charge in [0.05, 0.1) is 5.69 Å². The number of halogens is 2. The van der Waals surface area contributed by atoms with Crippen molar-refractivity contribution < 1.29 is 22.5 Å². The molecular weight excluding hydrogens is 359 g/mol. The number of benzene rings is 2. The van der Waals surface area contributed by atoms with E-state index in [9.17, 15) is 4.79 Å². The van der Waals surface area contributed by atoms with Crippen molar-refractivity contribution >= 4 is 40.5 Å². The molecule has 1 heterocycles. The number of anilines is 2. The van der Waals surface area contributed by atoms with Gasteiger partial charge in [-0.05, 0) is 42.5 Å². The molecule has 25 heavy (non-hydrogen) atoms. The normalized spacial score (nSPS) is 9.96. The van der Waals surface area contributed by atoms with E-state index in [1.807, 2.05) is 35.6 Å². The van der Waals surface area contributed by atoms with Gasteiger partial charge < -0.3 is 23.5 Å². The fourth-order valence-electron chi connectivity index (χ4n) is 2.19. The lowest BCUT2D eigenvalue weighted by Gasteiger charge is -2.08. The minimum absolute atomic E-state index is 0. The Hall–Kier alpha value is -2.60. The number of carbonyl (C=O) groups is 1. The van der Waals surface area contributed by atoms with Crippen LogP contribution in [-0.4, -0.2) is 10.9 Å². The number of rotatable bonds is 4. The number of hydrogen-bond acceptors (Lipinski definition) is 3. The summed E-state index contributed by atoms with van der Waals surface area (Å²) in [7, 11) is 0. The average molecular weight is 375 g/mol. The zero-order valence-corrected chi connectivity index (χ0v) is 14.6. The van der Waals surface area contributed by atoms with Crippen LogP contribution in [0.2, 0.25) is 5.02 Å². The summed E-state index contributed by atoms with van der Waals surface area (Å²) in [6.07, 6.45) is 0. The maximum Gasteiger partial charge on any atom is 0.255 e. The molecular formula is C18H16Cl2N4O. The van der Waals surface area contributed by atoms with E-state index in [4.69, 9.17) is 17.3 Å². The third-order valence-electron chi connectivity index (χ3n) is 3.41. The largest absolute Gasteiger partial charge is 1.00 e. The van der Waals surface area contributed by atoms with Gasteiger partial charge in [0.25, 0.3) is 5.91 Å². The lowest BCUT2D eigenvalue weighted by molar-refractivity contribution is -0.482. The van der Waals surface area contributed by atoms with Crippen molar-refractivity contribution in [3.05, 3.63) is 77.3 Å². The van der Waals surface area contributed by atoms with Crippen molar-refractivity contribution in [2.75, 3.05) is 11.1 Å². The molecule has 1 aromatic heterocycles. The van der Waals surface area contributed by atoms with E-state index < -0.39 is 0 Å². The SMILES string of the molecule is Nc1nc([NH2+]c2ccccc2)ccc1NC(=O)c1ccc(Cl)cc1.[Cl-]. The first-order valence-electron chi connectivity index (χ1n) is 7.35. The van der Waals surface area contributed by atoms with E-state index in [2.05, 4.69) is 10.3 Å². The fourth-order valence-corrected chi connectivity index (χ4v) is 2.32. The highest BCUT2D eigenvalue weighted by atomic mass is 35.5. The monoisotopic (exact) mass is 374 g/mol.